The molecule has 8 heteroatoms. The molecular weight excluding hydrogens is 580 g/mol. The number of aromatic nitrogens is 4. The zero-order valence-corrected chi connectivity index (χ0v) is 27.4. The Morgan fingerprint density at radius 2 is 1.42 bits per heavy atom. The highest BCUT2D eigenvalue weighted by atomic mass is 32.2. The maximum Gasteiger partial charge on any atom is 0.346 e. The molecule has 0 saturated heterocycles. The molecule has 0 aliphatic carbocycles. The normalized spacial score (nSPS) is 12.0. The van der Waals surface area contributed by atoms with Gasteiger partial charge in [-0.25, -0.2) is 17.9 Å². The van der Waals surface area contributed by atoms with Crippen LogP contribution in [0.3, 0.4) is 0 Å². The fraction of sp³-hybridized carbons (Fsp3) is 0.324. The molecule has 0 N–H and O–H groups in total. The molecule has 0 atom stereocenters. The highest BCUT2D eigenvalue weighted by Gasteiger charge is 2.16. The summed E-state index contributed by atoms with van der Waals surface area (Å²) in [6.45, 7) is 9.60. The lowest BCUT2D eigenvalue weighted by Gasteiger charge is -2.19. The van der Waals surface area contributed by atoms with Gasteiger partial charge in [-0.1, -0.05) is 106 Å². The molecular formula is C37H42N4O3S. The summed E-state index contributed by atoms with van der Waals surface area (Å²) < 4.78 is 28.9. The summed E-state index contributed by atoms with van der Waals surface area (Å²) in [7, 11) is -3.35. The van der Waals surface area contributed by atoms with Gasteiger partial charge in [0.05, 0.1) is 29.4 Å². The molecule has 234 valence electrons. The second-order valence-corrected chi connectivity index (χ2v) is 14.7. The van der Waals surface area contributed by atoms with E-state index in [1.54, 1.807) is 15.3 Å². The lowest BCUT2D eigenvalue weighted by Crippen LogP contribution is -2.25. The van der Waals surface area contributed by atoms with Crippen molar-refractivity contribution in [2.24, 2.45) is 0 Å². The highest BCUT2D eigenvalue weighted by Crippen LogP contribution is 2.23. The van der Waals surface area contributed by atoms with Crippen LogP contribution in [-0.4, -0.2) is 27.7 Å². The molecule has 5 rings (SSSR count). The number of hydrogen-bond donors (Lipinski definition) is 0. The second kappa shape index (κ2) is 13.8. The number of nitrogens with zero attached hydrogens (tertiary/aromatic N) is 4. The number of pyridine rings is 1. The summed E-state index contributed by atoms with van der Waals surface area (Å²) in [6, 6.07) is 31.4. The van der Waals surface area contributed by atoms with Crippen molar-refractivity contribution in [1.29, 1.82) is 0 Å². The van der Waals surface area contributed by atoms with Gasteiger partial charge >= 0.3 is 5.69 Å². The second-order valence-electron chi connectivity index (χ2n) is 12.6. The number of aryl methyl sites for hydroxylation is 2. The third-order valence-corrected chi connectivity index (χ3v) is 9.50. The molecule has 3 aromatic carbocycles. The zero-order chi connectivity index (χ0) is 32.0. The van der Waals surface area contributed by atoms with Crippen molar-refractivity contribution in [2.75, 3.05) is 0 Å². The van der Waals surface area contributed by atoms with E-state index in [0.717, 1.165) is 41.1 Å². The van der Waals surface area contributed by atoms with Crippen molar-refractivity contribution in [3.63, 3.8) is 0 Å². The Hall–Kier alpha value is -4.30. The zero-order valence-electron chi connectivity index (χ0n) is 26.6. The van der Waals surface area contributed by atoms with Crippen LogP contribution in [0.4, 0.5) is 0 Å². The Labute approximate surface area is 266 Å². The van der Waals surface area contributed by atoms with E-state index in [-0.39, 0.29) is 22.6 Å². The van der Waals surface area contributed by atoms with E-state index >= 15 is 0 Å². The Balaban J connectivity index is 1.19. The summed E-state index contributed by atoms with van der Waals surface area (Å²) in [6.07, 6.45) is 2.43. The maximum atomic E-state index is 13.1. The predicted molar refractivity (Wildman–Crippen MR) is 181 cm³/mol. The quantitative estimate of drug-likeness (QED) is 0.153. The average molecular weight is 623 g/mol. The Bertz CT molecular complexity index is 1880. The van der Waals surface area contributed by atoms with Crippen molar-refractivity contribution in [1.82, 2.24) is 19.3 Å². The van der Waals surface area contributed by atoms with Crippen molar-refractivity contribution in [3.05, 3.63) is 141 Å². The minimum Gasteiger partial charge on any atom is -0.279 e. The first-order chi connectivity index (χ1) is 21.5. The summed E-state index contributed by atoms with van der Waals surface area (Å²) in [5.74, 6) is 0.707. The standard InChI is InChI=1S/C37H42N4O3S/c1-5-40-35(39-41(36(40)42)25-29-19-23-32(24-20-29)37(2,3)4)16-9-13-28-17-21-31(22-18-28)34-15-10-14-33(38-34)27-45(43,44)26-30-11-7-6-8-12-30/h6-8,10-12,14-15,17-24H,5,9,13,16,25-27H2,1-4H3. The van der Waals surface area contributed by atoms with E-state index < -0.39 is 9.84 Å². The molecule has 0 unspecified atom stereocenters. The van der Waals surface area contributed by atoms with Gasteiger partial charge in [-0.15, -0.1) is 0 Å². The Kier molecular flexibility index (Phi) is 9.83. The largest absolute Gasteiger partial charge is 0.346 e. The first-order valence-corrected chi connectivity index (χ1v) is 17.4. The molecule has 0 bridgehead atoms. The van der Waals surface area contributed by atoms with Gasteiger partial charge in [0.1, 0.15) is 5.82 Å². The average Bonchev–Trinajstić information content (AvgIpc) is 3.30. The van der Waals surface area contributed by atoms with E-state index in [9.17, 15) is 13.2 Å². The smallest absolute Gasteiger partial charge is 0.279 e. The Morgan fingerprint density at radius 3 is 2.09 bits per heavy atom. The monoisotopic (exact) mass is 622 g/mol. The van der Waals surface area contributed by atoms with Gasteiger partial charge in [0.15, 0.2) is 9.84 Å². The molecule has 7 nitrogen and oxygen atoms in total. The van der Waals surface area contributed by atoms with Gasteiger partial charge < -0.3 is 0 Å². The maximum absolute atomic E-state index is 13.1. The SMILES string of the molecule is CCn1c(CCCc2ccc(-c3cccc(CS(=O)(=O)Cc4ccccc4)n3)cc2)nn(Cc2ccc(C(C)(C)C)cc2)c1=O. The van der Waals surface area contributed by atoms with E-state index in [2.05, 4.69) is 62.2 Å². The van der Waals surface area contributed by atoms with Crippen LogP contribution in [0.25, 0.3) is 11.3 Å². The van der Waals surface area contributed by atoms with Crippen LogP contribution in [0.2, 0.25) is 0 Å². The summed E-state index contributed by atoms with van der Waals surface area (Å²) >= 11 is 0. The van der Waals surface area contributed by atoms with E-state index in [0.29, 0.717) is 25.2 Å². The van der Waals surface area contributed by atoms with Crippen LogP contribution in [0.15, 0.2) is 102 Å². The molecule has 0 spiro atoms. The van der Waals surface area contributed by atoms with Gasteiger partial charge in [0, 0.05) is 18.5 Å². The first-order valence-electron chi connectivity index (χ1n) is 15.6. The molecule has 0 radical (unpaired) electrons. The first kappa shape index (κ1) is 32.1. The van der Waals surface area contributed by atoms with Crippen LogP contribution in [0.5, 0.6) is 0 Å². The molecule has 2 heterocycles. The van der Waals surface area contributed by atoms with Crippen LogP contribution in [0, 0.1) is 0 Å². The van der Waals surface area contributed by atoms with E-state index in [1.165, 1.54) is 11.1 Å². The lowest BCUT2D eigenvalue weighted by atomic mass is 9.87. The fourth-order valence-electron chi connectivity index (χ4n) is 5.49. The minimum absolute atomic E-state index is 0.00543. The Morgan fingerprint density at radius 1 is 0.733 bits per heavy atom. The number of benzene rings is 3. The molecule has 5 aromatic rings. The van der Waals surface area contributed by atoms with Gasteiger partial charge in [0.2, 0.25) is 0 Å². The molecule has 0 fully saturated rings. The van der Waals surface area contributed by atoms with E-state index in [4.69, 9.17) is 5.10 Å². The van der Waals surface area contributed by atoms with Crippen LogP contribution in [0.1, 0.15) is 67.9 Å². The topological polar surface area (TPSA) is 86.8 Å². The third kappa shape index (κ3) is 8.45. The van der Waals surface area contributed by atoms with Gasteiger partial charge in [-0.2, -0.15) is 5.10 Å². The number of rotatable bonds is 12. The van der Waals surface area contributed by atoms with Crippen molar-refractivity contribution >= 4 is 9.84 Å². The molecule has 0 aliphatic heterocycles. The summed E-state index contributed by atoms with van der Waals surface area (Å²) in [4.78, 5) is 17.7. The molecule has 0 amide bonds. The van der Waals surface area contributed by atoms with Gasteiger partial charge in [0.25, 0.3) is 0 Å². The fourth-order valence-corrected chi connectivity index (χ4v) is 6.91. The molecule has 0 aliphatic rings. The van der Waals surface area contributed by atoms with E-state index in [1.807, 2.05) is 61.5 Å². The number of sulfone groups is 1. The van der Waals surface area contributed by atoms with Crippen LogP contribution < -0.4 is 5.69 Å². The molecule has 0 saturated carbocycles. The van der Waals surface area contributed by atoms with Crippen LogP contribution >= 0.6 is 0 Å². The van der Waals surface area contributed by atoms with Crippen molar-refractivity contribution in [2.45, 2.75) is 77.0 Å². The van der Waals surface area contributed by atoms with Gasteiger partial charge in [-0.3, -0.25) is 9.55 Å². The molecule has 45 heavy (non-hydrogen) atoms. The highest BCUT2D eigenvalue weighted by molar-refractivity contribution is 7.89. The van der Waals surface area contributed by atoms with Crippen molar-refractivity contribution < 1.29 is 8.42 Å². The minimum atomic E-state index is -3.35. The summed E-state index contributed by atoms with van der Waals surface area (Å²) in [5.41, 5.74) is 6.53. The summed E-state index contributed by atoms with van der Waals surface area (Å²) in [5, 5.41) is 4.70. The molecule has 2 aromatic heterocycles. The lowest BCUT2D eigenvalue weighted by molar-refractivity contribution is 0.588. The predicted octanol–water partition coefficient (Wildman–Crippen LogP) is 6.76. The van der Waals surface area contributed by atoms with Crippen LogP contribution in [-0.2, 0) is 52.7 Å². The van der Waals surface area contributed by atoms with Crippen molar-refractivity contribution in [3.8, 4) is 11.3 Å². The third-order valence-electron chi connectivity index (χ3n) is 7.99. The number of hydrogen-bond acceptors (Lipinski definition) is 5. The van der Waals surface area contributed by atoms with Gasteiger partial charge in [-0.05, 0) is 59.6 Å².